The minimum Gasteiger partial charge on any atom is -0.490 e. The number of aryl methyl sites for hydroxylation is 1. The molecule has 0 fully saturated rings. The summed E-state index contributed by atoms with van der Waals surface area (Å²) in [5.41, 5.74) is 3.08. The van der Waals surface area contributed by atoms with E-state index in [4.69, 9.17) is 19.7 Å². The number of allylic oxidation sites excluding steroid dienone is 1. The zero-order valence-electron chi connectivity index (χ0n) is 17.6. The summed E-state index contributed by atoms with van der Waals surface area (Å²) in [5.74, 6) is 1.53. The van der Waals surface area contributed by atoms with Crippen molar-refractivity contribution in [2.24, 2.45) is 4.99 Å². The summed E-state index contributed by atoms with van der Waals surface area (Å²) in [6.45, 7) is 6.56. The maximum absolute atomic E-state index is 12.5. The molecule has 0 saturated carbocycles. The first-order valence-electron chi connectivity index (χ1n) is 10.00. The monoisotopic (exact) mass is 417 g/mol. The van der Waals surface area contributed by atoms with Crippen LogP contribution in [0.15, 0.2) is 64.9 Å². The smallest absolute Gasteiger partial charge is 0.282 e. The highest BCUT2D eigenvalue weighted by Crippen LogP contribution is 2.31. The van der Waals surface area contributed by atoms with Crippen LogP contribution in [-0.4, -0.2) is 29.2 Å². The molecule has 4 rings (SSSR count). The lowest BCUT2D eigenvalue weighted by molar-refractivity contribution is -0.114. The van der Waals surface area contributed by atoms with Crippen LogP contribution >= 0.6 is 0 Å². The molecule has 0 bridgehead atoms. The van der Waals surface area contributed by atoms with Crippen LogP contribution in [-0.2, 0) is 16.2 Å². The van der Waals surface area contributed by atoms with Crippen molar-refractivity contribution in [1.29, 1.82) is 5.41 Å². The molecule has 0 atom stereocenters. The molecule has 1 amide bonds. The molecule has 2 aromatic carbocycles. The molecule has 0 spiro atoms. The highest BCUT2D eigenvalue weighted by atomic mass is 16.7. The number of rotatable bonds is 6. The summed E-state index contributed by atoms with van der Waals surface area (Å²) < 4.78 is 11.7. The number of aliphatic imine (C=N–C) groups is 1. The normalized spacial score (nSPS) is 16.6. The van der Waals surface area contributed by atoms with Crippen LogP contribution in [0, 0.1) is 12.3 Å². The van der Waals surface area contributed by atoms with Crippen molar-refractivity contribution in [2.75, 3.05) is 6.61 Å². The lowest BCUT2D eigenvalue weighted by Gasteiger charge is -2.23. The number of fused-ring (bicyclic) bond motifs is 1. The molecule has 0 aromatic heterocycles. The van der Waals surface area contributed by atoms with Gasteiger partial charge in [-0.15, -0.1) is 5.06 Å². The Bertz CT molecular complexity index is 1150. The zero-order valence-corrected chi connectivity index (χ0v) is 17.6. The van der Waals surface area contributed by atoms with E-state index < -0.39 is 5.91 Å². The van der Waals surface area contributed by atoms with Crippen LogP contribution in [0.4, 0.5) is 0 Å². The molecular formula is C24H23N3O4. The molecule has 0 radical (unpaired) electrons. The van der Waals surface area contributed by atoms with E-state index in [1.54, 1.807) is 31.2 Å². The summed E-state index contributed by atoms with van der Waals surface area (Å²) >= 11 is 0. The molecule has 1 N–H and O–H groups in total. The number of amidine groups is 2. The fraction of sp³-hybridized carbons (Fsp3) is 0.208. The number of ether oxygens (including phenoxy) is 2. The Morgan fingerprint density at radius 2 is 1.97 bits per heavy atom. The van der Waals surface area contributed by atoms with E-state index in [9.17, 15) is 4.79 Å². The van der Waals surface area contributed by atoms with E-state index in [0.29, 0.717) is 41.9 Å². The van der Waals surface area contributed by atoms with Crippen molar-refractivity contribution in [1.82, 2.24) is 5.06 Å². The first-order valence-corrected chi connectivity index (χ1v) is 10.00. The van der Waals surface area contributed by atoms with Gasteiger partial charge in [0, 0.05) is 6.08 Å². The largest absolute Gasteiger partial charge is 0.490 e. The van der Waals surface area contributed by atoms with Crippen molar-refractivity contribution < 1.29 is 19.1 Å². The maximum atomic E-state index is 12.5. The van der Waals surface area contributed by atoms with Crippen LogP contribution in [0.3, 0.4) is 0 Å². The molecule has 158 valence electrons. The van der Waals surface area contributed by atoms with Gasteiger partial charge in [-0.2, -0.15) is 4.99 Å². The molecule has 2 aliphatic rings. The van der Waals surface area contributed by atoms with Crippen LogP contribution in [0.25, 0.3) is 6.08 Å². The van der Waals surface area contributed by atoms with Gasteiger partial charge in [0.05, 0.1) is 12.2 Å². The summed E-state index contributed by atoms with van der Waals surface area (Å²) in [4.78, 5) is 21.9. The fourth-order valence-corrected chi connectivity index (χ4v) is 3.33. The van der Waals surface area contributed by atoms with Gasteiger partial charge in [0.15, 0.2) is 23.2 Å². The van der Waals surface area contributed by atoms with Crippen molar-refractivity contribution in [3.05, 3.63) is 76.6 Å². The Morgan fingerprint density at radius 3 is 2.74 bits per heavy atom. The summed E-state index contributed by atoms with van der Waals surface area (Å²) in [6.07, 6.45) is 3.23. The third-order valence-electron chi connectivity index (χ3n) is 4.74. The van der Waals surface area contributed by atoms with Crippen LogP contribution in [0.5, 0.6) is 11.5 Å². The number of carbonyl (C=O) groups excluding carboxylic acids is 1. The predicted octanol–water partition coefficient (Wildman–Crippen LogP) is 4.42. The van der Waals surface area contributed by atoms with Gasteiger partial charge in [-0.1, -0.05) is 35.9 Å². The Morgan fingerprint density at radius 1 is 1.13 bits per heavy atom. The Balaban J connectivity index is 1.57. The van der Waals surface area contributed by atoms with Crippen molar-refractivity contribution in [3.63, 3.8) is 0 Å². The number of carbonyl (C=O) groups is 1. The molecule has 0 saturated heterocycles. The summed E-state index contributed by atoms with van der Waals surface area (Å²) in [6, 6.07) is 13.5. The standard InChI is InChI=1S/C24H23N3O4/c1-4-29-21-13-17(8-9-20(21)30-14-18-7-5-6-15(2)10-18)12-19-23(25)27-22(26-24(19)28)11-16(3)31-27/h5-13,25H,4,14H2,1-3H3/b19-12+,25-23?. The first kappa shape index (κ1) is 20.4. The molecule has 2 aromatic rings. The van der Waals surface area contributed by atoms with E-state index in [1.165, 1.54) is 10.6 Å². The number of hydrogen-bond donors (Lipinski definition) is 1. The fourth-order valence-electron chi connectivity index (χ4n) is 3.33. The number of hydroxylamine groups is 2. The third kappa shape index (κ3) is 4.35. The lowest BCUT2D eigenvalue weighted by Crippen LogP contribution is -2.38. The number of benzene rings is 2. The van der Waals surface area contributed by atoms with Crippen molar-refractivity contribution in [3.8, 4) is 11.5 Å². The maximum Gasteiger partial charge on any atom is 0.282 e. The first-order chi connectivity index (χ1) is 14.9. The average Bonchev–Trinajstić information content (AvgIpc) is 3.11. The minimum absolute atomic E-state index is 0.0548. The van der Waals surface area contributed by atoms with Gasteiger partial charge in [-0.25, -0.2) is 0 Å². The predicted molar refractivity (Wildman–Crippen MR) is 118 cm³/mol. The SMILES string of the molecule is CCOc1cc(/C=C2\C(=N)N3OC(C)=CC3=NC2=O)ccc1OCc1cccc(C)c1. The Labute approximate surface area is 180 Å². The van der Waals surface area contributed by atoms with Gasteiger partial charge >= 0.3 is 0 Å². The number of nitrogens with zero attached hydrogens (tertiary/aromatic N) is 2. The van der Waals surface area contributed by atoms with Crippen LogP contribution in [0.2, 0.25) is 0 Å². The molecule has 7 nitrogen and oxygen atoms in total. The second kappa shape index (κ2) is 8.47. The van der Waals surface area contributed by atoms with E-state index >= 15 is 0 Å². The Kier molecular flexibility index (Phi) is 5.58. The van der Waals surface area contributed by atoms with E-state index in [0.717, 1.165) is 5.56 Å². The molecule has 0 aliphatic carbocycles. The minimum atomic E-state index is -0.483. The highest BCUT2D eigenvalue weighted by molar-refractivity contribution is 6.32. The molecule has 2 aliphatic heterocycles. The van der Waals surface area contributed by atoms with Crippen molar-refractivity contribution in [2.45, 2.75) is 27.4 Å². The quantitative estimate of drug-likeness (QED) is 0.703. The second-order valence-electron chi connectivity index (χ2n) is 7.24. The average molecular weight is 417 g/mol. The molecule has 7 heteroatoms. The second-order valence-corrected chi connectivity index (χ2v) is 7.24. The number of hydrogen-bond acceptors (Lipinski definition) is 5. The van der Waals surface area contributed by atoms with E-state index in [1.807, 2.05) is 38.1 Å². The molecule has 31 heavy (non-hydrogen) atoms. The van der Waals surface area contributed by atoms with Crippen molar-refractivity contribution >= 4 is 23.7 Å². The molecule has 0 unspecified atom stereocenters. The number of amides is 1. The summed E-state index contributed by atoms with van der Waals surface area (Å²) in [7, 11) is 0. The third-order valence-corrected chi connectivity index (χ3v) is 4.74. The van der Waals surface area contributed by atoms with Crippen LogP contribution < -0.4 is 9.47 Å². The summed E-state index contributed by atoms with van der Waals surface area (Å²) in [5, 5.41) is 9.58. The number of nitrogens with one attached hydrogen (secondary N) is 1. The van der Waals surface area contributed by atoms with Gasteiger partial charge in [-0.05, 0) is 50.1 Å². The van der Waals surface area contributed by atoms with Gasteiger partial charge in [0.1, 0.15) is 12.4 Å². The van der Waals surface area contributed by atoms with Gasteiger partial charge in [-0.3, -0.25) is 10.2 Å². The van der Waals surface area contributed by atoms with Crippen LogP contribution in [0.1, 0.15) is 30.5 Å². The highest BCUT2D eigenvalue weighted by Gasteiger charge is 2.34. The molecule has 2 heterocycles. The van der Waals surface area contributed by atoms with E-state index in [-0.39, 0.29) is 11.4 Å². The van der Waals surface area contributed by atoms with Gasteiger partial charge in [0.2, 0.25) is 0 Å². The lowest BCUT2D eigenvalue weighted by atomic mass is 10.1. The van der Waals surface area contributed by atoms with Gasteiger partial charge < -0.3 is 14.3 Å². The Hall–Kier alpha value is -3.87. The topological polar surface area (TPSA) is 84.2 Å². The zero-order chi connectivity index (χ0) is 22.0. The molecular weight excluding hydrogens is 394 g/mol. The van der Waals surface area contributed by atoms with Gasteiger partial charge in [0.25, 0.3) is 5.91 Å². The van der Waals surface area contributed by atoms with E-state index in [2.05, 4.69) is 11.1 Å².